The molecule has 13 heteroatoms. The summed E-state index contributed by atoms with van der Waals surface area (Å²) in [7, 11) is 0. The molecule has 0 aliphatic carbocycles. The van der Waals surface area contributed by atoms with E-state index < -0.39 is 29.2 Å². The average Bonchev–Trinajstić information content (AvgIpc) is 3.34. The summed E-state index contributed by atoms with van der Waals surface area (Å²) in [4.78, 5) is 22.9. The van der Waals surface area contributed by atoms with Crippen molar-refractivity contribution in [3.8, 4) is 17.0 Å². The fourth-order valence-electron chi connectivity index (χ4n) is 4.24. The smallest absolute Gasteiger partial charge is 0.421 e. The molecule has 1 N–H and O–H groups in total. The van der Waals surface area contributed by atoms with Crippen LogP contribution < -0.4 is 4.74 Å². The van der Waals surface area contributed by atoms with Crippen molar-refractivity contribution < 1.29 is 46.4 Å². The van der Waals surface area contributed by atoms with E-state index in [1.54, 1.807) is 45.3 Å². The molecule has 44 heavy (non-hydrogen) atoms. The molecule has 0 aliphatic heterocycles. The summed E-state index contributed by atoms with van der Waals surface area (Å²) in [5, 5.41) is 1.86. The third-order valence-corrected chi connectivity index (χ3v) is 6.11. The number of hydrogen-bond donors (Lipinski definition) is 1. The number of fused-ring (bicyclic) bond motifs is 3. The number of halogens is 3. The van der Waals surface area contributed by atoms with Crippen LogP contribution in [0, 0.1) is 0 Å². The van der Waals surface area contributed by atoms with Crippen LogP contribution in [-0.4, -0.2) is 86.0 Å². The standard InChI is InChI=1S/C31H36F3N3O7/c1-30(2,3)44-28(38)20-42-13-12-40-9-8-39-10-11-41-14-15-43-29-25(31(32,33)34)16-22(18-36-29)21-4-5-23-24-19-35-7-6-26(24)37-27(23)17-21/h4-7,16-19,37H,8-15,20H2,1-3H3. The number of nitrogens with one attached hydrogen (secondary N) is 1. The van der Waals surface area contributed by atoms with E-state index in [-0.39, 0.29) is 39.6 Å². The maximum absolute atomic E-state index is 13.9. The predicted molar refractivity (Wildman–Crippen MR) is 156 cm³/mol. The van der Waals surface area contributed by atoms with Crippen molar-refractivity contribution in [2.45, 2.75) is 32.5 Å². The molecule has 0 amide bonds. The molecule has 0 unspecified atom stereocenters. The number of aromatic nitrogens is 3. The Balaban J connectivity index is 1.14. The van der Waals surface area contributed by atoms with Gasteiger partial charge in [0.15, 0.2) is 0 Å². The summed E-state index contributed by atoms with van der Waals surface area (Å²) in [6, 6.07) is 8.28. The largest absolute Gasteiger partial charge is 0.475 e. The zero-order chi connectivity index (χ0) is 31.6. The number of rotatable bonds is 16. The number of benzene rings is 1. The Labute approximate surface area is 252 Å². The van der Waals surface area contributed by atoms with Crippen LogP contribution in [0.25, 0.3) is 32.9 Å². The normalized spacial score (nSPS) is 12.2. The van der Waals surface area contributed by atoms with Crippen LogP contribution in [0.3, 0.4) is 0 Å². The second-order valence-corrected chi connectivity index (χ2v) is 10.7. The van der Waals surface area contributed by atoms with E-state index in [1.807, 2.05) is 12.1 Å². The third kappa shape index (κ3) is 9.88. The molecule has 0 saturated carbocycles. The van der Waals surface area contributed by atoms with Gasteiger partial charge >= 0.3 is 12.1 Å². The monoisotopic (exact) mass is 619 g/mol. The van der Waals surface area contributed by atoms with Crippen LogP contribution in [0.15, 0.2) is 48.9 Å². The van der Waals surface area contributed by atoms with E-state index >= 15 is 0 Å². The zero-order valence-corrected chi connectivity index (χ0v) is 24.9. The zero-order valence-electron chi connectivity index (χ0n) is 24.9. The number of H-pyrrole nitrogens is 1. The van der Waals surface area contributed by atoms with Crippen LogP contribution in [0.2, 0.25) is 0 Å². The van der Waals surface area contributed by atoms with Crippen molar-refractivity contribution in [3.63, 3.8) is 0 Å². The van der Waals surface area contributed by atoms with Gasteiger partial charge in [0, 0.05) is 46.0 Å². The average molecular weight is 620 g/mol. The Hall–Kier alpha value is -3.78. The summed E-state index contributed by atoms with van der Waals surface area (Å²) < 4.78 is 73.4. The molecule has 0 fully saturated rings. The SMILES string of the molecule is CC(C)(C)OC(=O)COCCOCCOCCOCCOc1ncc(-c2ccc3c(c2)[nH]c2ccncc23)cc1C(F)(F)F. The van der Waals surface area contributed by atoms with Gasteiger partial charge in [0.25, 0.3) is 0 Å². The van der Waals surface area contributed by atoms with Crippen molar-refractivity contribution >= 4 is 27.8 Å². The number of hydrogen-bond acceptors (Lipinski definition) is 9. The first kappa shape index (κ1) is 33.1. The summed E-state index contributed by atoms with van der Waals surface area (Å²) in [6.45, 7) is 6.84. The molecule has 0 saturated heterocycles. The highest BCUT2D eigenvalue weighted by Crippen LogP contribution is 2.38. The molecule has 3 aromatic heterocycles. The van der Waals surface area contributed by atoms with Gasteiger partial charge in [0.05, 0.1) is 46.2 Å². The van der Waals surface area contributed by atoms with Crippen molar-refractivity contribution in [3.05, 3.63) is 54.5 Å². The Morgan fingerprint density at radius 2 is 1.43 bits per heavy atom. The number of carbonyl (C=O) groups is 1. The minimum atomic E-state index is -4.66. The third-order valence-electron chi connectivity index (χ3n) is 6.11. The maximum Gasteiger partial charge on any atom is 0.421 e. The van der Waals surface area contributed by atoms with Gasteiger partial charge in [0.1, 0.15) is 24.4 Å². The molecule has 4 aromatic rings. The van der Waals surface area contributed by atoms with Crippen LogP contribution in [-0.2, 0) is 34.7 Å². The first-order chi connectivity index (χ1) is 21.0. The molecule has 1 aromatic carbocycles. The molecule has 0 radical (unpaired) electrons. The van der Waals surface area contributed by atoms with Crippen molar-refractivity contribution in [2.75, 3.05) is 59.5 Å². The lowest BCUT2D eigenvalue weighted by atomic mass is 10.0. The van der Waals surface area contributed by atoms with Crippen LogP contribution in [0.1, 0.15) is 26.3 Å². The quantitative estimate of drug-likeness (QED) is 0.127. The van der Waals surface area contributed by atoms with Gasteiger partial charge in [0.2, 0.25) is 5.88 Å². The Morgan fingerprint density at radius 3 is 2.09 bits per heavy atom. The van der Waals surface area contributed by atoms with Crippen molar-refractivity contribution in [1.82, 2.24) is 15.0 Å². The van der Waals surface area contributed by atoms with Crippen LogP contribution in [0.4, 0.5) is 13.2 Å². The van der Waals surface area contributed by atoms with Crippen LogP contribution >= 0.6 is 0 Å². The molecule has 0 bridgehead atoms. The summed E-state index contributed by atoms with van der Waals surface area (Å²) in [5.74, 6) is -0.943. The summed E-state index contributed by atoms with van der Waals surface area (Å²) in [6.07, 6.45) is 0.120. The van der Waals surface area contributed by atoms with Gasteiger partial charge in [-0.2, -0.15) is 13.2 Å². The van der Waals surface area contributed by atoms with E-state index in [1.165, 1.54) is 6.20 Å². The minimum Gasteiger partial charge on any atom is -0.475 e. The highest BCUT2D eigenvalue weighted by molar-refractivity contribution is 6.07. The highest BCUT2D eigenvalue weighted by atomic mass is 19.4. The van der Waals surface area contributed by atoms with E-state index in [0.29, 0.717) is 30.9 Å². The predicted octanol–water partition coefficient (Wildman–Crippen LogP) is 5.58. The first-order valence-corrected chi connectivity index (χ1v) is 14.1. The lowest BCUT2D eigenvalue weighted by molar-refractivity contribution is -0.160. The molecule has 3 heterocycles. The molecule has 0 aliphatic rings. The van der Waals surface area contributed by atoms with Gasteiger partial charge in [-0.1, -0.05) is 12.1 Å². The lowest BCUT2D eigenvalue weighted by Crippen LogP contribution is -2.27. The molecule has 4 rings (SSSR count). The van der Waals surface area contributed by atoms with Gasteiger partial charge in [-0.05, 0) is 44.5 Å². The summed E-state index contributed by atoms with van der Waals surface area (Å²) >= 11 is 0. The number of carbonyl (C=O) groups excluding carboxylic acids is 1. The van der Waals surface area contributed by atoms with Crippen LogP contribution in [0.5, 0.6) is 5.88 Å². The number of aromatic amines is 1. The first-order valence-electron chi connectivity index (χ1n) is 14.1. The Bertz CT molecular complexity index is 1520. The molecular formula is C31H36F3N3O7. The van der Waals surface area contributed by atoms with Gasteiger partial charge in [-0.25, -0.2) is 9.78 Å². The van der Waals surface area contributed by atoms with E-state index in [2.05, 4.69) is 15.0 Å². The van der Waals surface area contributed by atoms with E-state index in [9.17, 15) is 18.0 Å². The fraction of sp³-hybridized carbons (Fsp3) is 0.452. The molecule has 238 valence electrons. The second kappa shape index (κ2) is 15.3. The molecule has 0 spiro atoms. The number of pyridine rings is 2. The maximum atomic E-state index is 13.9. The molecular weight excluding hydrogens is 583 g/mol. The second-order valence-electron chi connectivity index (χ2n) is 10.7. The molecule has 0 atom stereocenters. The number of esters is 1. The van der Waals surface area contributed by atoms with Gasteiger partial charge < -0.3 is 33.4 Å². The number of alkyl halides is 3. The Morgan fingerprint density at radius 1 is 0.773 bits per heavy atom. The minimum absolute atomic E-state index is 0.0570. The molecule has 10 nitrogen and oxygen atoms in total. The van der Waals surface area contributed by atoms with E-state index in [0.717, 1.165) is 27.9 Å². The van der Waals surface area contributed by atoms with E-state index in [4.69, 9.17) is 28.4 Å². The number of ether oxygens (including phenoxy) is 6. The van der Waals surface area contributed by atoms with Crippen molar-refractivity contribution in [1.29, 1.82) is 0 Å². The Kier molecular flexibility index (Phi) is 11.5. The lowest BCUT2D eigenvalue weighted by Gasteiger charge is -2.19. The number of nitrogens with zero attached hydrogens (tertiary/aromatic N) is 2. The van der Waals surface area contributed by atoms with Gasteiger partial charge in [-0.3, -0.25) is 4.98 Å². The highest BCUT2D eigenvalue weighted by Gasteiger charge is 2.36. The topological polar surface area (TPSA) is 114 Å². The fourth-order valence-corrected chi connectivity index (χ4v) is 4.24. The van der Waals surface area contributed by atoms with Crippen molar-refractivity contribution in [2.24, 2.45) is 0 Å². The van der Waals surface area contributed by atoms with Gasteiger partial charge in [-0.15, -0.1) is 0 Å². The summed E-state index contributed by atoms with van der Waals surface area (Å²) in [5.41, 5.74) is 1.06.